The molecular formula is C28H31BrN8O4S. The highest BCUT2D eigenvalue weighted by atomic mass is 79.9. The molecule has 6 rings (SSSR count). The molecule has 220 valence electrons. The minimum atomic E-state index is -3.44. The van der Waals surface area contributed by atoms with Crippen LogP contribution in [-0.4, -0.2) is 60.2 Å². The van der Waals surface area contributed by atoms with Gasteiger partial charge < -0.3 is 25.4 Å². The minimum Gasteiger partial charge on any atom is -0.495 e. The molecule has 12 nitrogen and oxygen atoms in total. The van der Waals surface area contributed by atoms with Gasteiger partial charge in [0.25, 0.3) is 0 Å². The molecule has 1 atom stereocenters. The van der Waals surface area contributed by atoms with Gasteiger partial charge >= 0.3 is 0 Å². The largest absolute Gasteiger partial charge is 0.495 e. The number of benzene rings is 2. The lowest BCUT2D eigenvalue weighted by Crippen LogP contribution is -2.33. The number of para-hydroxylation sites is 2. The van der Waals surface area contributed by atoms with E-state index in [9.17, 15) is 8.42 Å². The van der Waals surface area contributed by atoms with E-state index in [-0.39, 0.29) is 11.4 Å². The number of ether oxygens (including phenoxy) is 2. The second-order valence-corrected chi connectivity index (χ2v) is 13.0. The number of hydrogen-bond donors (Lipinski definition) is 4. The van der Waals surface area contributed by atoms with Crippen LogP contribution in [0.25, 0.3) is 11.1 Å². The van der Waals surface area contributed by atoms with Gasteiger partial charge in [0.05, 0.1) is 52.8 Å². The summed E-state index contributed by atoms with van der Waals surface area (Å²) in [4.78, 5) is 9.13. The quantitative estimate of drug-likeness (QED) is 0.190. The molecule has 1 aliphatic carbocycles. The smallest absolute Gasteiger partial charge is 0.235 e. The van der Waals surface area contributed by atoms with Crippen molar-refractivity contribution in [1.29, 1.82) is 0 Å². The molecule has 1 saturated carbocycles. The zero-order chi connectivity index (χ0) is 29.3. The second-order valence-electron chi connectivity index (χ2n) is 10.1. The Morgan fingerprint density at radius 3 is 2.62 bits per heavy atom. The first-order chi connectivity index (χ1) is 20.3. The fourth-order valence-electron chi connectivity index (χ4n) is 4.76. The van der Waals surface area contributed by atoms with Crippen LogP contribution >= 0.6 is 15.9 Å². The number of methoxy groups -OCH3 is 1. The highest BCUT2D eigenvalue weighted by Gasteiger charge is 2.36. The molecule has 4 aromatic rings. The van der Waals surface area contributed by atoms with Gasteiger partial charge in [0.15, 0.2) is 0 Å². The number of nitrogens with one attached hydrogen (secondary N) is 4. The average molecular weight is 656 g/mol. The van der Waals surface area contributed by atoms with Gasteiger partial charge in [0, 0.05) is 38.1 Å². The Morgan fingerprint density at radius 1 is 1.12 bits per heavy atom. The van der Waals surface area contributed by atoms with Crippen LogP contribution in [0, 0.1) is 0 Å². The summed E-state index contributed by atoms with van der Waals surface area (Å²) in [6.07, 6.45) is 6.61. The first kappa shape index (κ1) is 28.4. The van der Waals surface area contributed by atoms with Crippen molar-refractivity contribution in [1.82, 2.24) is 25.1 Å². The van der Waals surface area contributed by atoms with Crippen LogP contribution in [0.15, 0.2) is 59.5 Å². The first-order valence-corrected chi connectivity index (χ1v) is 15.8. The molecular weight excluding hydrogens is 624 g/mol. The van der Waals surface area contributed by atoms with E-state index in [0.717, 1.165) is 23.2 Å². The highest BCUT2D eigenvalue weighted by molar-refractivity contribution is 9.10. The second kappa shape index (κ2) is 11.9. The van der Waals surface area contributed by atoms with Crippen LogP contribution in [-0.2, 0) is 21.8 Å². The van der Waals surface area contributed by atoms with Crippen molar-refractivity contribution in [2.24, 2.45) is 7.05 Å². The lowest BCUT2D eigenvalue weighted by molar-refractivity contribution is 0.0279. The Labute approximate surface area is 252 Å². The summed E-state index contributed by atoms with van der Waals surface area (Å²) >= 11 is 3.51. The molecule has 0 radical (unpaired) electrons. The molecule has 2 aliphatic rings. The Bertz CT molecular complexity index is 1700. The van der Waals surface area contributed by atoms with Crippen molar-refractivity contribution >= 4 is 54.8 Å². The van der Waals surface area contributed by atoms with E-state index in [4.69, 9.17) is 9.47 Å². The molecule has 14 heteroatoms. The lowest BCUT2D eigenvalue weighted by atomic mass is 9.96. The van der Waals surface area contributed by atoms with E-state index < -0.39 is 10.0 Å². The first-order valence-electron chi connectivity index (χ1n) is 13.5. The molecule has 4 N–H and O–H groups in total. The van der Waals surface area contributed by atoms with E-state index in [1.165, 1.54) is 0 Å². The average Bonchev–Trinajstić information content (AvgIpc) is 3.77. The monoisotopic (exact) mass is 654 g/mol. The molecule has 2 aromatic heterocycles. The lowest BCUT2D eigenvalue weighted by Gasteiger charge is -2.27. The van der Waals surface area contributed by atoms with Gasteiger partial charge in [-0.3, -0.25) is 9.40 Å². The summed E-state index contributed by atoms with van der Waals surface area (Å²) < 4.78 is 42.1. The number of aromatic nitrogens is 4. The van der Waals surface area contributed by atoms with Crippen LogP contribution in [0.1, 0.15) is 24.5 Å². The summed E-state index contributed by atoms with van der Waals surface area (Å²) in [6, 6.07) is 11.1. The number of sulfonamides is 1. The summed E-state index contributed by atoms with van der Waals surface area (Å²) in [6.45, 7) is 2.11. The SMILES string of the molecule is COc1cc(C2CNCCO2)c(-c2cnn(C)c2)cc1Nc1ncc(Br)c(Nc2ccccc2NS(=O)(=O)C2CC2)n1. The van der Waals surface area contributed by atoms with Crippen LogP contribution < -0.4 is 25.4 Å². The fourth-order valence-corrected chi connectivity index (χ4v) is 6.46. The number of hydrogen-bond acceptors (Lipinski definition) is 10. The number of halogens is 1. The summed E-state index contributed by atoms with van der Waals surface area (Å²) in [5, 5.41) is 14.0. The standard InChI is InChI=1S/C28H31BrN8O4S/c1-37-16-17(13-32-37)19-11-24(25(40-2)12-20(19)26-15-30-9-10-41-26)34-28-31-14-21(29)27(35-28)33-22-5-3-4-6-23(22)36-42(38,39)18-7-8-18/h3-6,11-14,16,18,26,30,36H,7-10,15H2,1-2H3,(H2,31,33,34,35). The summed E-state index contributed by atoms with van der Waals surface area (Å²) in [5.74, 6) is 1.37. The number of aryl methyl sites for hydroxylation is 1. The van der Waals surface area contributed by atoms with Crippen LogP contribution in [0.2, 0.25) is 0 Å². The van der Waals surface area contributed by atoms with Gasteiger partial charge in [0.2, 0.25) is 16.0 Å². The maximum Gasteiger partial charge on any atom is 0.235 e. The molecule has 0 bridgehead atoms. The molecule has 2 fully saturated rings. The van der Waals surface area contributed by atoms with Crippen molar-refractivity contribution < 1.29 is 17.9 Å². The third kappa shape index (κ3) is 6.21. The molecule has 1 saturated heterocycles. The third-order valence-electron chi connectivity index (χ3n) is 7.05. The van der Waals surface area contributed by atoms with Gasteiger partial charge in [-0.25, -0.2) is 13.4 Å². The van der Waals surface area contributed by atoms with Crippen LogP contribution in [0.3, 0.4) is 0 Å². The third-order valence-corrected chi connectivity index (χ3v) is 9.48. The van der Waals surface area contributed by atoms with Gasteiger partial charge in [-0.15, -0.1) is 0 Å². The summed E-state index contributed by atoms with van der Waals surface area (Å²) in [7, 11) is 0.0544. The van der Waals surface area contributed by atoms with Crippen LogP contribution in [0.4, 0.5) is 28.8 Å². The molecule has 1 aliphatic heterocycles. The number of nitrogens with zero attached hydrogens (tertiary/aromatic N) is 4. The normalized spacial score (nSPS) is 17.1. The van der Waals surface area contributed by atoms with Gasteiger partial charge in [-0.2, -0.15) is 10.1 Å². The van der Waals surface area contributed by atoms with Crippen molar-refractivity contribution in [3.63, 3.8) is 0 Å². The summed E-state index contributed by atoms with van der Waals surface area (Å²) in [5.41, 5.74) is 4.55. The highest BCUT2D eigenvalue weighted by Crippen LogP contribution is 2.40. The number of morpholine rings is 1. The van der Waals surface area contributed by atoms with Crippen LogP contribution in [0.5, 0.6) is 5.75 Å². The van der Waals surface area contributed by atoms with E-state index >= 15 is 0 Å². The Hall–Kier alpha value is -3.72. The molecule has 2 aromatic carbocycles. The molecule has 0 amide bonds. The Balaban J connectivity index is 1.31. The van der Waals surface area contributed by atoms with Gasteiger partial charge in [-0.05, 0) is 64.2 Å². The fraction of sp³-hybridized carbons (Fsp3) is 0.321. The van der Waals surface area contributed by atoms with Gasteiger partial charge in [-0.1, -0.05) is 12.1 Å². The Kier molecular flexibility index (Phi) is 8.03. The number of rotatable bonds is 10. The molecule has 0 spiro atoms. The predicted molar refractivity (Wildman–Crippen MR) is 165 cm³/mol. The van der Waals surface area contributed by atoms with Crippen molar-refractivity contribution in [3.8, 4) is 16.9 Å². The number of anilines is 5. The minimum absolute atomic E-state index is 0.144. The maximum absolute atomic E-state index is 12.6. The molecule has 42 heavy (non-hydrogen) atoms. The van der Waals surface area contributed by atoms with Crippen molar-refractivity contribution in [2.75, 3.05) is 42.2 Å². The van der Waals surface area contributed by atoms with Crippen molar-refractivity contribution in [2.45, 2.75) is 24.2 Å². The zero-order valence-corrected chi connectivity index (χ0v) is 25.5. The molecule has 3 heterocycles. The Morgan fingerprint density at radius 2 is 1.93 bits per heavy atom. The van der Waals surface area contributed by atoms with Crippen molar-refractivity contribution in [3.05, 3.63) is 65.0 Å². The predicted octanol–water partition coefficient (Wildman–Crippen LogP) is 4.70. The maximum atomic E-state index is 12.6. The van der Waals surface area contributed by atoms with E-state index in [1.807, 2.05) is 37.6 Å². The topological polar surface area (TPSA) is 144 Å². The van der Waals surface area contributed by atoms with Gasteiger partial charge in [0.1, 0.15) is 11.6 Å². The van der Waals surface area contributed by atoms with E-state index in [1.54, 1.807) is 36.2 Å². The zero-order valence-electron chi connectivity index (χ0n) is 23.1. The molecule has 1 unspecified atom stereocenters. The van der Waals surface area contributed by atoms with E-state index in [0.29, 0.717) is 65.0 Å². The van der Waals surface area contributed by atoms with E-state index in [2.05, 4.69) is 51.7 Å².